The standard InChI is InChI=1S/C11H9N3S3/c1-6-5-7-9(16-6)13-11(12)14-10(7)17-8-3-2-4-15-8/h2-5H,1H3,(H2,12,13,14). The third kappa shape index (κ3) is 2.15. The molecule has 2 N–H and O–H groups in total. The number of hydrogen-bond acceptors (Lipinski definition) is 6. The Labute approximate surface area is 111 Å². The molecule has 3 aromatic heterocycles. The lowest BCUT2D eigenvalue weighted by molar-refractivity contribution is 1.13. The molecule has 0 aliphatic rings. The molecule has 0 spiro atoms. The Morgan fingerprint density at radius 1 is 1.35 bits per heavy atom. The molecule has 0 saturated heterocycles. The first-order chi connectivity index (χ1) is 8.22. The van der Waals surface area contributed by atoms with Crippen molar-refractivity contribution in [3.05, 3.63) is 28.5 Å². The largest absolute Gasteiger partial charge is 0.368 e. The SMILES string of the molecule is Cc1cc2c(Sc3cccs3)nc(N)nc2s1. The summed E-state index contributed by atoms with van der Waals surface area (Å²) < 4.78 is 1.22. The summed E-state index contributed by atoms with van der Waals surface area (Å²) in [4.78, 5) is 10.8. The first-order valence-electron chi connectivity index (χ1n) is 4.97. The first kappa shape index (κ1) is 11.0. The molecule has 0 aliphatic carbocycles. The predicted molar refractivity (Wildman–Crippen MR) is 75.0 cm³/mol. The maximum atomic E-state index is 5.74. The van der Waals surface area contributed by atoms with Crippen LogP contribution in [0, 0.1) is 6.92 Å². The third-order valence-electron chi connectivity index (χ3n) is 2.19. The van der Waals surface area contributed by atoms with Crippen LogP contribution in [0.25, 0.3) is 10.2 Å². The molecule has 17 heavy (non-hydrogen) atoms. The number of nitrogens with zero attached hydrogens (tertiary/aromatic N) is 2. The Balaban J connectivity index is 2.14. The molecule has 86 valence electrons. The predicted octanol–water partition coefficient (Wildman–Crippen LogP) is 3.79. The first-order valence-corrected chi connectivity index (χ1v) is 7.48. The normalized spacial score (nSPS) is 11.1. The highest BCUT2D eigenvalue weighted by Gasteiger charge is 2.10. The van der Waals surface area contributed by atoms with Gasteiger partial charge in [-0.1, -0.05) is 17.8 Å². The van der Waals surface area contributed by atoms with Gasteiger partial charge in [-0.05, 0) is 24.4 Å². The van der Waals surface area contributed by atoms with Crippen molar-refractivity contribution in [1.82, 2.24) is 9.97 Å². The Bertz CT molecular complexity index is 658. The summed E-state index contributed by atoms with van der Waals surface area (Å²) in [7, 11) is 0. The summed E-state index contributed by atoms with van der Waals surface area (Å²) in [6, 6.07) is 6.24. The average molecular weight is 279 g/mol. The van der Waals surface area contributed by atoms with Crippen molar-refractivity contribution < 1.29 is 0 Å². The van der Waals surface area contributed by atoms with Crippen molar-refractivity contribution in [1.29, 1.82) is 0 Å². The number of fused-ring (bicyclic) bond motifs is 1. The van der Waals surface area contributed by atoms with E-state index in [0.717, 1.165) is 15.2 Å². The molecule has 3 nitrogen and oxygen atoms in total. The summed E-state index contributed by atoms with van der Waals surface area (Å²) in [5.41, 5.74) is 5.74. The van der Waals surface area contributed by atoms with E-state index in [9.17, 15) is 0 Å². The number of nitrogens with two attached hydrogens (primary N) is 1. The summed E-state index contributed by atoms with van der Waals surface area (Å²) in [5, 5.41) is 4.10. The van der Waals surface area contributed by atoms with Crippen LogP contribution in [0.4, 0.5) is 5.95 Å². The minimum atomic E-state index is 0.346. The van der Waals surface area contributed by atoms with Gasteiger partial charge in [0.2, 0.25) is 5.95 Å². The van der Waals surface area contributed by atoms with E-state index in [1.54, 1.807) is 34.4 Å². The van der Waals surface area contributed by atoms with Gasteiger partial charge < -0.3 is 5.73 Å². The van der Waals surface area contributed by atoms with E-state index in [4.69, 9.17) is 5.73 Å². The number of rotatable bonds is 2. The fourth-order valence-corrected chi connectivity index (χ4v) is 4.26. The fourth-order valence-electron chi connectivity index (χ4n) is 1.53. The van der Waals surface area contributed by atoms with E-state index in [0.29, 0.717) is 5.95 Å². The monoisotopic (exact) mass is 279 g/mol. The maximum Gasteiger partial charge on any atom is 0.222 e. The topological polar surface area (TPSA) is 51.8 Å². The minimum absolute atomic E-state index is 0.346. The van der Waals surface area contributed by atoms with Crippen LogP contribution in [-0.4, -0.2) is 9.97 Å². The second-order valence-corrected chi connectivity index (χ2v) is 6.97. The van der Waals surface area contributed by atoms with E-state index in [1.807, 2.05) is 6.07 Å². The van der Waals surface area contributed by atoms with Crippen LogP contribution in [0.15, 0.2) is 32.8 Å². The molecule has 0 fully saturated rings. The molecule has 0 aliphatic heterocycles. The number of anilines is 1. The van der Waals surface area contributed by atoms with Crippen LogP contribution in [0.1, 0.15) is 4.88 Å². The number of hydrogen-bond donors (Lipinski definition) is 1. The number of aromatic nitrogens is 2. The Hall–Kier alpha value is -1.11. The van der Waals surface area contributed by atoms with E-state index in [1.165, 1.54) is 9.09 Å². The Morgan fingerprint density at radius 3 is 3.00 bits per heavy atom. The van der Waals surface area contributed by atoms with Crippen LogP contribution in [0.5, 0.6) is 0 Å². The highest BCUT2D eigenvalue weighted by molar-refractivity contribution is 8.01. The molecular weight excluding hydrogens is 270 g/mol. The summed E-state index contributed by atoms with van der Waals surface area (Å²) in [6.07, 6.45) is 0. The molecule has 3 rings (SSSR count). The van der Waals surface area contributed by atoms with Crippen molar-refractivity contribution in [3.8, 4) is 0 Å². The van der Waals surface area contributed by atoms with Gasteiger partial charge in [0, 0.05) is 10.3 Å². The molecule has 0 saturated carbocycles. The van der Waals surface area contributed by atoms with E-state index in [-0.39, 0.29) is 0 Å². The van der Waals surface area contributed by atoms with Gasteiger partial charge >= 0.3 is 0 Å². The molecule has 3 aromatic rings. The van der Waals surface area contributed by atoms with Crippen molar-refractivity contribution in [2.75, 3.05) is 5.73 Å². The lowest BCUT2D eigenvalue weighted by Crippen LogP contribution is -1.95. The van der Waals surface area contributed by atoms with Crippen LogP contribution in [0.3, 0.4) is 0 Å². The second kappa shape index (κ2) is 4.29. The van der Waals surface area contributed by atoms with E-state index < -0.39 is 0 Å². The van der Waals surface area contributed by atoms with Crippen molar-refractivity contribution >= 4 is 50.6 Å². The minimum Gasteiger partial charge on any atom is -0.368 e. The quantitative estimate of drug-likeness (QED) is 0.725. The zero-order valence-electron chi connectivity index (χ0n) is 9.01. The molecule has 0 atom stereocenters. The van der Waals surface area contributed by atoms with E-state index in [2.05, 4.69) is 34.4 Å². The molecular formula is C11H9N3S3. The Morgan fingerprint density at radius 2 is 2.24 bits per heavy atom. The fraction of sp³-hybridized carbons (Fsp3) is 0.0909. The molecule has 0 amide bonds. The van der Waals surface area contributed by atoms with E-state index >= 15 is 0 Å². The lowest BCUT2D eigenvalue weighted by Gasteiger charge is -2.00. The number of thiophene rings is 2. The van der Waals surface area contributed by atoms with Crippen molar-refractivity contribution in [2.45, 2.75) is 16.2 Å². The van der Waals surface area contributed by atoms with Crippen molar-refractivity contribution in [3.63, 3.8) is 0 Å². The van der Waals surface area contributed by atoms with Crippen LogP contribution >= 0.6 is 34.4 Å². The average Bonchev–Trinajstić information content (AvgIpc) is 2.86. The number of aryl methyl sites for hydroxylation is 1. The van der Waals surface area contributed by atoms with Gasteiger partial charge in [-0.2, -0.15) is 0 Å². The van der Waals surface area contributed by atoms with Crippen LogP contribution in [-0.2, 0) is 0 Å². The van der Waals surface area contributed by atoms with Gasteiger partial charge in [-0.25, -0.2) is 9.97 Å². The zero-order valence-corrected chi connectivity index (χ0v) is 11.5. The Kier molecular flexibility index (Phi) is 2.78. The van der Waals surface area contributed by atoms with Gasteiger partial charge in [0.15, 0.2) is 0 Å². The van der Waals surface area contributed by atoms with Crippen molar-refractivity contribution in [2.24, 2.45) is 0 Å². The summed E-state index contributed by atoms with van der Waals surface area (Å²) in [6.45, 7) is 2.07. The van der Waals surface area contributed by atoms with Gasteiger partial charge in [-0.3, -0.25) is 0 Å². The van der Waals surface area contributed by atoms with Gasteiger partial charge in [0.05, 0.1) is 4.21 Å². The lowest BCUT2D eigenvalue weighted by atomic mass is 10.4. The second-order valence-electron chi connectivity index (χ2n) is 3.50. The smallest absolute Gasteiger partial charge is 0.222 e. The molecule has 0 aromatic carbocycles. The number of nitrogen functional groups attached to an aromatic ring is 1. The zero-order chi connectivity index (χ0) is 11.8. The maximum absolute atomic E-state index is 5.74. The molecule has 0 unspecified atom stereocenters. The molecule has 0 radical (unpaired) electrons. The highest BCUT2D eigenvalue weighted by Crippen LogP contribution is 2.37. The van der Waals surface area contributed by atoms with Crippen LogP contribution in [0.2, 0.25) is 0 Å². The van der Waals surface area contributed by atoms with Gasteiger partial charge in [0.1, 0.15) is 9.86 Å². The summed E-state index contributed by atoms with van der Waals surface area (Å²) >= 11 is 5.00. The molecule has 0 bridgehead atoms. The molecule has 3 heterocycles. The summed E-state index contributed by atoms with van der Waals surface area (Å²) in [5.74, 6) is 0.346. The third-order valence-corrected chi connectivity index (χ3v) is 5.18. The van der Waals surface area contributed by atoms with Gasteiger partial charge in [0.25, 0.3) is 0 Å². The molecule has 6 heteroatoms. The highest BCUT2D eigenvalue weighted by atomic mass is 32.2. The van der Waals surface area contributed by atoms with Crippen LogP contribution < -0.4 is 5.73 Å². The van der Waals surface area contributed by atoms with Gasteiger partial charge in [-0.15, -0.1) is 22.7 Å².